The lowest BCUT2D eigenvalue weighted by molar-refractivity contribution is -0.118. The maximum atomic E-state index is 13.2. The van der Waals surface area contributed by atoms with Crippen molar-refractivity contribution in [2.24, 2.45) is 0 Å². The molecule has 0 aliphatic heterocycles. The maximum absolute atomic E-state index is 13.2. The molecule has 0 unspecified atom stereocenters. The van der Waals surface area contributed by atoms with Gasteiger partial charge in [-0.25, -0.2) is 9.37 Å². The van der Waals surface area contributed by atoms with Gasteiger partial charge in [-0.2, -0.15) is 0 Å². The largest absolute Gasteiger partial charge is 0.283 e. The summed E-state index contributed by atoms with van der Waals surface area (Å²) in [5, 5.41) is 0.685. The van der Waals surface area contributed by atoms with Crippen LogP contribution in [0.4, 0.5) is 9.52 Å². The van der Waals surface area contributed by atoms with Crippen LogP contribution in [-0.2, 0) is 17.8 Å². The average Bonchev–Trinajstić information content (AvgIpc) is 3.16. The standard InChI is InChI=1S/C24H21FN2OS/c1-16-8-13-21-23(17(16)2)26-24(29-21)27(15-19-6-4-3-5-7-19)22(28)14-18-9-11-20(25)12-10-18/h3-13H,14-15H2,1-2H3. The first kappa shape index (κ1) is 19.3. The predicted octanol–water partition coefficient (Wildman–Crippen LogP) is 5.83. The van der Waals surface area contributed by atoms with Crippen LogP contribution in [0.25, 0.3) is 10.2 Å². The van der Waals surface area contributed by atoms with Crippen molar-refractivity contribution in [3.8, 4) is 0 Å². The first-order valence-electron chi connectivity index (χ1n) is 9.47. The van der Waals surface area contributed by atoms with Gasteiger partial charge in [0.05, 0.1) is 23.2 Å². The second-order valence-electron chi connectivity index (χ2n) is 7.12. The Morgan fingerprint density at radius 1 is 0.966 bits per heavy atom. The van der Waals surface area contributed by atoms with Crippen molar-refractivity contribution in [2.75, 3.05) is 4.90 Å². The fourth-order valence-corrected chi connectivity index (χ4v) is 4.27. The number of benzene rings is 3. The SMILES string of the molecule is Cc1ccc2sc(N(Cc3ccccc3)C(=O)Cc3ccc(F)cc3)nc2c1C. The molecule has 4 aromatic rings. The van der Waals surface area contributed by atoms with Crippen molar-refractivity contribution < 1.29 is 9.18 Å². The molecule has 1 aromatic heterocycles. The normalized spacial score (nSPS) is 11.0. The van der Waals surface area contributed by atoms with Gasteiger partial charge in [-0.3, -0.25) is 9.69 Å². The highest BCUT2D eigenvalue weighted by Crippen LogP contribution is 2.33. The van der Waals surface area contributed by atoms with E-state index in [-0.39, 0.29) is 18.1 Å². The van der Waals surface area contributed by atoms with Crippen molar-refractivity contribution in [3.63, 3.8) is 0 Å². The van der Waals surface area contributed by atoms with E-state index in [9.17, 15) is 9.18 Å². The summed E-state index contributed by atoms with van der Waals surface area (Å²) in [7, 11) is 0. The van der Waals surface area contributed by atoms with Gasteiger partial charge < -0.3 is 0 Å². The molecule has 3 aromatic carbocycles. The van der Waals surface area contributed by atoms with Gasteiger partial charge in [0, 0.05) is 0 Å². The molecule has 3 nitrogen and oxygen atoms in total. The molecular weight excluding hydrogens is 383 g/mol. The van der Waals surface area contributed by atoms with E-state index in [2.05, 4.69) is 26.0 Å². The summed E-state index contributed by atoms with van der Waals surface area (Å²) in [6, 6.07) is 20.1. The van der Waals surface area contributed by atoms with Gasteiger partial charge in [0.1, 0.15) is 5.82 Å². The van der Waals surface area contributed by atoms with Crippen LogP contribution in [0, 0.1) is 19.7 Å². The van der Waals surface area contributed by atoms with Gasteiger partial charge in [-0.05, 0) is 54.3 Å². The quantitative estimate of drug-likeness (QED) is 0.419. The highest BCUT2D eigenvalue weighted by molar-refractivity contribution is 7.22. The number of amides is 1. The van der Waals surface area contributed by atoms with E-state index in [0.29, 0.717) is 11.7 Å². The van der Waals surface area contributed by atoms with E-state index in [1.165, 1.54) is 29.0 Å². The number of carbonyl (C=O) groups excluding carboxylic acids is 1. The molecule has 0 spiro atoms. The third kappa shape index (κ3) is 4.20. The van der Waals surface area contributed by atoms with Crippen LogP contribution in [-0.4, -0.2) is 10.9 Å². The molecule has 0 saturated heterocycles. The van der Waals surface area contributed by atoms with Crippen molar-refractivity contribution >= 4 is 32.6 Å². The number of aryl methyl sites for hydroxylation is 2. The molecular formula is C24H21FN2OS. The Bertz CT molecular complexity index is 1150. The number of rotatable bonds is 5. The minimum Gasteiger partial charge on any atom is -0.283 e. The van der Waals surface area contributed by atoms with Crippen LogP contribution in [0.2, 0.25) is 0 Å². The summed E-state index contributed by atoms with van der Waals surface area (Å²) in [5.41, 5.74) is 5.07. The lowest BCUT2D eigenvalue weighted by atomic mass is 10.1. The van der Waals surface area contributed by atoms with E-state index in [4.69, 9.17) is 4.98 Å². The number of hydrogen-bond acceptors (Lipinski definition) is 3. The smallest absolute Gasteiger partial charge is 0.233 e. The molecule has 0 bridgehead atoms. The van der Waals surface area contributed by atoms with E-state index >= 15 is 0 Å². The molecule has 0 N–H and O–H groups in total. The fourth-order valence-electron chi connectivity index (χ4n) is 3.23. The Labute approximate surface area is 173 Å². The number of fused-ring (bicyclic) bond motifs is 1. The number of halogens is 1. The first-order valence-corrected chi connectivity index (χ1v) is 10.3. The van der Waals surface area contributed by atoms with Crippen molar-refractivity contribution in [1.29, 1.82) is 0 Å². The lowest BCUT2D eigenvalue weighted by Crippen LogP contribution is -2.31. The van der Waals surface area contributed by atoms with Gasteiger partial charge in [-0.15, -0.1) is 0 Å². The highest BCUT2D eigenvalue weighted by Gasteiger charge is 2.21. The zero-order chi connectivity index (χ0) is 20.4. The number of hydrogen-bond donors (Lipinski definition) is 0. The van der Waals surface area contributed by atoms with Gasteiger partial charge in [0.2, 0.25) is 5.91 Å². The first-order chi connectivity index (χ1) is 14.0. The molecule has 5 heteroatoms. The van der Waals surface area contributed by atoms with E-state index in [0.717, 1.165) is 26.9 Å². The summed E-state index contributed by atoms with van der Waals surface area (Å²) < 4.78 is 14.3. The van der Waals surface area contributed by atoms with Gasteiger partial charge in [-0.1, -0.05) is 59.9 Å². The van der Waals surface area contributed by atoms with E-state index in [1.807, 2.05) is 30.3 Å². The zero-order valence-electron chi connectivity index (χ0n) is 16.4. The molecule has 4 rings (SSSR count). The summed E-state index contributed by atoms with van der Waals surface area (Å²) in [4.78, 5) is 19.8. The Hall–Kier alpha value is -3.05. The molecule has 0 saturated carbocycles. The number of nitrogens with zero attached hydrogens (tertiary/aromatic N) is 2. The fraction of sp³-hybridized carbons (Fsp3) is 0.167. The Balaban J connectivity index is 1.70. The maximum Gasteiger partial charge on any atom is 0.233 e. The van der Waals surface area contributed by atoms with E-state index < -0.39 is 0 Å². The van der Waals surface area contributed by atoms with Crippen LogP contribution in [0.3, 0.4) is 0 Å². The minimum atomic E-state index is -0.306. The number of anilines is 1. The van der Waals surface area contributed by atoms with Crippen LogP contribution >= 0.6 is 11.3 Å². The Kier molecular flexibility index (Phi) is 5.41. The number of aromatic nitrogens is 1. The van der Waals surface area contributed by atoms with Crippen LogP contribution in [0.5, 0.6) is 0 Å². The molecule has 146 valence electrons. The molecule has 0 fully saturated rings. The third-order valence-electron chi connectivity index (χ3n) is 5.06. The summed E-state index contributed by atoms with van der Waals surface area (Å²) in [5.74, 6) is -0.367. The van der Waals surface area contributed by atoms with E-state index in [1.54, 1.807) is 17.0 Å². The predicted molar refractivity (Wildman–Crippen MR) is 117 cm³/mol. The number of carbonyl (C=O) groups is 1. The molecule has 29 heavy (non-hydrogen) atoms. The third-order valence-corrected chi connectivity index (χ3v) is 6.10. The molecule has 1 amide bonds. The summed E-state index contributed by atoms with van der Waals surface area (Å²) >= 11 is 1.52. The van der Waals surface area contributed by atoms with Crippen molar-refractivity contribution in [3.05, 3.63) is 94.8 Å². The number of thiazole rings is 1. The van der Waals surface area contributed by atoms with Crippen molar-refractivity contribution in [2.45, 2.75) is 26.8 Å². The molecule has 0 aliphatic carbocycles. The monoisotopic (exact) mass is 404 g/mol. The lowest BCUT2D eigenvalue weighted by Gasteiger charge is -2.20. The average molecular weight is 405 g/mol. The summed E-state index contributed by atoms with van der Waals surface area (Å²) in [6.45, 7) is 4.57. The second kappa shape index (κ2) is 8.13. The Morgan fingerprint density at radius 3 is 2.41 bits per heavy atom. The zero-order valence-corrected chi connectivity index (χ0v) is 17.2. The minimum absolute atomic E-state index is 0.0612. The van der Waals surface area contributed by atoms with Gasteiger partial charge in [0.25, 0.3) is 0 Å². The molecule has 1 heterocycles. The molecule has 0 atom stereocenters. The van der Waals surface area contributed by atoms with Gasteiger partial charge in [0.15, 0.2) is 5.13 Å². The Morgan fingerprint density at radius 2 is 1.69 bits per heavy atom. The van der Waals surface area contributed by atoms with Crippen LogP contribution < -0.4 is 4.90 Å². The summed E-state index contributed by atoms with van der Waals surface area (Å²) in [6.07, 6.45) is 0.195. The second-order valence-corrected chi connectivity index (χ2v) is 8.13. The van der Waals surface area contributed by atoms with Crippen LogP contribution in [0.1, 0.15) is 22.3 Å². The molecule has 0 radical (unpaired) electrons. The van der Waals surface area contributed by atoms with Crippen LogP contribution in [0.15, 0.2) is 66.7 Å². The molecule has 0 aliphatic rings. The van der Waals surface area contributed by atoms with Gasteiger partial charge >= 0.3 is 0 Å². The highest BCUT2D eigenvalue weighted by atomic mass is 32.1. The topological polar surface area (TPSA) is 33.2 Å². The van der Waals surface area contributed by atoms with Crippen molar-refractivity contribution in [1.82, 2.24) is 4.98 Å².